The Bertz CT molecular complexity index is 596. The van der Waals surface area contributed by atoms with Gasteiger partial charge in [-0.2, -0.15) is 0 Å². The van der Waals surface area contributed by atoms with Crippen LogP contribution in [0, 0.1) is 0 Å². The van der Waals surface area contributed by atoms with E-state index >= 15 is 0 Å². The van der Waals surface area contributed by atoms with E-state index in [9.17, 15) is 0 Å². The molecule has 1 unspecified atom stereocenters. The maximum Gasteiger partial charge on any atom is 0.191 e. The van der Waals surface area contributed by atoms with Crippen LogP contribution in [0.2, 0.25) is 5.15 Å². The minimum absolute atomic E-state index is 0.436. The number of hydrogen-bond donors (Lipinski definition) is 2. The Hall–Kier alpha value is -1.59. The number of nitrogens with zero attached hydrogens (tertiary/aromatic N) is 2. The first kappa shape index (κ1) is 17.8. The van der Waals surface area contributed by atoms with Crippen molar-refractivity contribution in [2.45, 2.75) is 26.2 Å². The fourth-order valence-corrected chi connectivity index (χ4v) is 3.00. The fourth-order valence-electron chi connectivity index (χ4n) is 2.11. The summed E-state index contributed by atoms with van der Waals surface area (Å²) < 4.78 is 0. The lowest BCUT2D eigenvalue weighted by Crippen LogP contribution is -2.38. The Morgan fingerprint density at radius 2 is 2.22 bits per heavy atom. The van der Waals surface area contributed by atoms with Crippen molar-refractivity contribution in [1.82, 2.24) is 15.6 Å². The number of aromatic nitrogens is 1. The largest absolute Gasteiger partial charge is 0.357 e. The van der Waals surface area contributed by atoms with Crippen LogP contribution in [-0.2, 0) is 6.42 Å². The molecule has 0 bridgehead atoms. The molecular weight excluding hydrogens is 328 g/mol. The predicted molar refractivity (Wildman–Crippen MR) is 99.7 cm³/mol. The molecule has 2 rings (SSSR count). The number of nitrogens with one attached hydrogen (secondary N) is 2. The van der Waals surface area contributed by atoms with Gasteiger partial charge in [0.1, 0.15) is 5.15 Å². The molecule has 0 aromatic carbocycles. The summed E-state index contributed by atoms with van der Waals surface area (Å²) in [5.74, 6) is 1.30. The lowest BCUT2D eigenvalue weighted by atomic mass is 10.1. The standard InChI is InChI=1S/C17H23ClN4S/c1-3-19-17(22-11-13(2)15-5-4-10-23-15)20-9-8-14-6-7-16(18)21-12-14/h4-7,10,12-13H,3,8-9,11H2,1-2H3,(H2,19,20,22). The molecule has 0 spiro atoms. The van der Waals surface area contributed by atoms with E-state index in [1.54, 1.807) is 11.3 Å². The molecule has 4 nitrogen and oxygen atoms in total. The molecule has 0 fully saturated rings. The van der Waals surface area contributed by atoms with Gasteiger partial charge in [0, 0.05) is 30.1 Å². The Balaban J connectivity index is 1.82. The van der Waals surface area contributed by atoms with Crippen molar-refractivity contribution in [3.05, 3.63) is 51.4 Å². The third-order valence-electron chi connectivity index (χ3n) is 3.39. The fraction of sp³-hybridized carbons (Fsp3) is 0.412. The molecule has 0 saturated heterocycles. The van der Waals surface area contributed by atoms with Gasteiger partial charge in [0.2, 0.25) is 0 Å². The first-order valence-electron chi connectivity index (χ1n) is 7.85. The number of thiophene rings is 1. The van der Waals surface area contributed by atoms with E-state index in [4.69, 9.17) is 11.6 Å². The van der Waals surface area contributed by atoms with Crippen LogP contribution in [0.15, 0.2) is 40.8 Å². The molecule has 1 atom stereocenters. The lowest BCUT2D eigenvalue weighted by Gasteiger charge is -2.13. The highest BCUT2D eigenvalue weighted by molar-refractivity contribution is 7.10. The number of hydrogen-bond acceptors (Lipinski definition) is 3. The molecule has 2 N–H and O–H groups in total. The van der Waals surface area contributed by atoms with Gasteiger partial charge >= 0.3 is 0 Å². The van der Waals surface area contributed by atoms with Gasteiger partial charge in [0.05, 0.1) is 6.54 Å². The maximum atomic E-state index is 5.80. The summed E-state index contributed by atoms with van der Waals surface area (Å²) >= 11 is 7.58. The topological polar surface area (TPSA) is 49.3 Å². The Kier molecular flexibility index (Phi) is 7.36. The van der Waals surface area contributed by atoms with Crippen LogP contribution in [0.5, 0.6) is 0 Å². The van der Waals surface area contributed by atoms with Crippen LogP contribution in [0.25, 0.3) is 0 Å². The van der Waals surface area contributed by atoms with Crippen molar-refractivity contribution < 1.29 is 0 Å². The molecule has 0 saturated carbocycles. The van der Waals surface area contributed by atoms with Gasteiger partial charge in [-0.3, -0.25) is 4.99 Å². The first-order chi connectivity index (χ1) is 11.2. The van der Waals surface area contributed by atoms with Gasteiger partial charge < -0.3 is 10.6 Å². The van der Waals surface area contributed by atoms with Crippen LogP contribution in [0.4, 0.5) is 0 Å². The van der Waals surface area contributed by atoms with E-state index in [1.807, 2.05) is 18.3 Å². The molecule has 2 heterocycles. The predicted octanol–water partition coefficient (Wildman–Crippen LogP) is 3.70. The maximum absolute atomic E-state index is 5.80. The van der Waals surface area contributed by atoms with Crippen molar-refractivity contribution in [2.75, 3.05) is 19.6 Å². The third kappa shape index (κ3) is 6.20. The summed E-state index contributed by atoms with van der Waals surface area (Å²) in [7, 11) is 0. The minimum atomic E-state index is 0.436. The van der Waals surface area contributed by atoms with Crippen LogP contribution < -0.4 is 10.6 Å². The molecule has 0 aliphatic rings. The van der Waals surface area contributed by atoms with E-state index in [-0.39, 0.29) is 0 Å². The summed E-state index contributed by atoms with van der Waals surface area (Å²) in [5, 5.41) is 9.29. The van der Waals surface area contributed by atoms with Crippen LogP contribution in [0.3, 0.4) is 0 Å². The van der Waals surface area contributed by atoms with Crippen molar-refractivity contribution in [2.24, 2.45) is 4.99 Å². The molecule has 0 aliphatic carbocycles. The molecule has 2 aromatic heterocycles. The summed E-state index contributed by atoms with van der Waals surface area (Å²) in [6, 6.07) is 8.07. The third-order valence-corrected chi connectivity index (χ3v) is 4.72. The summed E-state index contributed by atoms with van der Waals surface area (Å²) in [6.07, 6.45) is 2.70. The van der Waals surface area contributed by atoms with E-state index in [0.717, 1.165) is 37.6 Å². The Labute approximate surface area is 147 Å². The van der Waals surface area contributed by atoms with E-state index < -0.39 is 0 Å². The average molecular weight is 351 g/mol. The van der Waals surface area contributed by atoms with Gasteiger partial charge in [-0.25, -0.2) is 4.98 Å². The zero-order valence-electron chi connectivity index (χ0n) is 13.6. The Morgan fingerprint density at radius 1 is 1.35 bits per heavy atom. The van der Waals surface area contributed by atoms with E-state index in [1.165, 1.54) is 4.88 Å². The second-order valence-corrected chi connectivity index (χ2v) is 6.67. The minimum Gasteiger partial charge on any atom is -0.357 e. The molecular formula is C17H23ClN4S. The van der Waals surface area contributed by atoms with Crippen molar-refractivity contribution in [1.29, 1.82) is 0 Å². The summed E-state index contributed by atoms with van der Waals surface area (Å²) in [6.45, 7) is 6.71. The zero-order chi connectivity index (χ0) is 16.5. The van der Waals surface area contributed by atoms with Gasteiger partial charge in [0.15, 0.2) is 5.96 Å². The van der Waals surface area contributed by atoms with E-state index in [0.29, 0.717) is 11.1 Å². The SMILES string of the molecule is CCNC(=NCC(C)c1cccs1)NCCc1ccc(Cl)nc1. The molecule has 0 amide bonds. The second kappa shape index (κ2) is 9.53. The smallest absolute Gasteiger partial charge is 0.191 e. The number of aliphatic imine (C=N–C) groups is 1. The van der Waals surface area contributed by atoms with Crippen LogP contribution >= 0.6 is 22.9 Å². The lowest BCUT2D eigenvalue weighted by molar-refractivity contribution is 0.754. The number of rotatable bonds is 7. The average Bonchev–Trinajstić information content (AvgIpc) is 3.08. The molecule has 0 radical (unpaired) electrons. The molecule has 0 aliphatic heterocycles. The Morgan fingerprint density at radius 3 is 2.87 bits per heavy atom. The number of halogens is 1. The summed E-state index contributed by atoms with van der Waals surface area (Å²) in [4.78, 5) is 10.1. The molecule has 2 aromatic rings. The molecule has 6 heteroatoms. The quantitative estimate of drug-likeness (QED) is 0.455. The van der Waals surface area contributed by atoms with Crippen molar-refractivity contribution >= 4 is 28.9 Å². The highest BCUT2D eigenvalue weighted by Gasteiger charge is 2.06. The highest BCUT2D eigenvalue weighted by atomic mass is 35.5. The second-order valence-electron chi connectivity index (χ2n) is 5.30. The van der Waals surface area contributed by atoms with Crippen LogP contribution in [0.1, 0.15) is 30.2 Å². The van der Waals surface area contributed by atoms with Gasteiger partial charge in [-0.15, -0.1) is 11.3 Å². The first-order valence-corrected chi connectivity index (χ1v) is 9.10. The van der Waals surface area contributed by atoms with Crippen LogP contribution in [-0.4, -0.2) is 30.6 Å². The zero-order valence-corrected chi connectivity index (χ0v) is 15.1. The van der Waals surface area contributed by atoms with E-state index in [2.05, 4.69) is 52.0 Å². The monoisotopic (exact) mass is 350 g/mol. The van der Waals surface area contributed by atoms with Gasteiger partial charge in [-0.1, -0.05) is 30.7 Å². The van der Waals surface area contributed by atoms with Gasteiger partial charge in [0.25, 0.3) is 0 Å². The van der Waals surface area contributed by atoms with Crippen molar-refractivity contribution in [3.63, 3.8) is 0 Å². The normalized spacial score (nSPS) is 12.9. The number of guanidine groups is 1. The number of pyridine rings is 1. The highest BCUT2D eigenvalue weighted by Crippen LogP contribution is 2.20. The van der Waals surface area contributed by atoms with Crippen molar-refractivity contribution in [3.8, 4) is 0 Å². The molecule has 124 valence electrons. The van der Waals surface area contributed by atoms with Gasteiger partial charge in [-0.05, 0) is 36.4 Å². The molecule has 23 heavy (non-hydrogen) atoms. The summed E-state index contributed by atoms with van der Waals surface area (Å²) in [5.41, 5.74) is 1.16.